The molecule has 1 aliphatic rings. The highest BCUT2D eigenvalue weighted by atomic mass is 35.5. The van der Waals surface area contributed by atoms with E-state index in [2.05, 4.69) is 0 Å². The summed E-state index contributed by atoms with van der Waals surface area (Å²) in [5.41, 5.74) is 0.973. The second-order valence-electron chi connectivity index (χ2n) is 3.35. The molecule has 0 unspecified atom stereocenters. The van der Waals surface area contributed by atoms with Gasteiger partial charge in [0.25, 0.3) is 0 Å². The highest BCUT2D eigenvalue weighted by Crippen LogP contribution is 2.29. The maximum absolute atomic E-state index is 11.4. The normalized spacial score (nSPS) is 13.5. The molecule has 0 atom stereocenters. The topological polar surface area (TPSA) is 35.5 Å². The smallest absolute Gasteiger partial charge is 0.373 e. The predicted molar refractivity (Wildman–Crippen MR) is 60.5 cm³/mol. The zero-order valence-corrected chi connectivity index (χ0v) is 9.58. The lowest BCUT2D eigenvalue weighted by atomic mass is 10.1. The van der Waals surface area contributed by atoms with Gasteiger partial charge in [0.15, 0.2) is 0 Å². The minimum Gasteiger partial charge on any atom is -0.460 e. The number of ether oxygens (including phenoxy) is 2. The molecular weight excluding hydrogens is 228 g/mol. The molecule has 0 fully saturated rings. The van der Waals surface area contributed by atoms with Gasteiger partial charge < -0.3 is 9.47 Å². The van der Waals surface area contributed by atoms with Crippen LogP contribution in [0.4, 0.5) is 0 Å². The summed E-state index contributed by atoms with van der Waals surface area (Å²) in [5.74, 6) is 0.481. The molecule has 2 rings (SSSR count). The van der Waals surface area contributed by atoms with Crippen LogP contribution < -0.4 is 4.74 Å². The van der Waals surface area contributed by atoms with E-state index in [0.29, 0.717) is 23.8 Å². The Hall–Kier alpha value is -1.48. The Morgan fingerprint density at radius 2 is 2.38 bits per heavy atom. The van der Waals surface area contributed by atoms with Gasteiger partial charge in [0.05, 0.1) is 6.61 Å². The minimum absolute atomic E-state index is 0.247. The lowest BCUT2D eigenvalue weighted by Gasteiger charge is -2.16. The number of esters is 1. The third-order valence-corrected chi connectivity index (χ3v) is 2.46. The number of hydrogen-bond donors (Lipinski definition) is 0. The first-order valence-electron chi connectivity index (χ1n) is 5.04. The third-order valence-electron chi connectivity index (χ3n) is 2.23. The summed E-state index contributed by atoms with van der Waals surface area (Å²) in [6.07, 6.45) is 2.33. The first-order chi connectivity index (χ1) is 7.70. The summed E-state index contributed by atoms with van der Waals surface area (Å²) in [6, 6.07) is 5.31. The zero-order valence-electron chi connectivity index (χ0n) is 8.83. The molecule has 1 aliphatic heterocycles. The van der Waals surface area contributed by atoms with Crippen LogP contribution >= 0.6 is 11.6 Å². The molecule has 0 amide bonds. The molecule has 16 heavy (non-hydrogen) atoms. The molecule has 0 bridgehead atoms. The largest absolute Gasteiger partial charge is 0.460 e. The number of fused-ring (bicyclic) bond motifs is 1. The Bertz CT molecular complexity index is 452. The van der Waals surface area contributed by atoms with E-state index in [4.69, 9.17) is 21.1 Å². The van der Waals surface area contributed by atoms with Gasteiger partial charge in [-0.05, 0) is 37.6 Å². The van der Waals surface area contributed by atoms with Crippen LogP contribution in [0.3, 0.4) is 0 Å². The summed E-state index contributed by atoms with van der Waals surface area (Å²) in [7, 11) is 0. The molecule has 4 heteroatoms. The lowest BCUT2D eigenvalue weighted by molar-refractivity contribution is -0.141. The monoisotopic (exact) mass is 238 g/mol. The van der Waals surface area contributed by atoms with Crippen molar-refractivity contribution in [1.82, 2.24) is 0 Å². The number of rotatable bonds is 2. The zero-order chi connectivity index (χ0) is 11.5. The van der Waals surface area contributed by atoms with Crippen LogP contribution in [0.5, 0.6) is 5.75 Å². The molecule has 0 spiro atoms. The number of carbonyl (C=O) groups is 1. The maximum Gasteiger partial charge on any atom is 0.373 e. The van der Waals surface area contributed by atoms with Crippen LogP contribution in [-0.4, -0.2) is 12.6 Å². The van der Waals surface area contributed by atoms with Crippen molar-refractivity contribution < 1.29 is 14.3 Å². The van der Waals surface area contributed by atoms with Crippen LogP contribution in [0, 0.1) is 0 Å². The molecule has 0 aromatic heterocycles. The van der Waals surface area contributed by atoms with Crippen LogP contribution in [0.1, 0.15) is 12.5 Å². The van der Waals surface area contributed by atoms with Crippen molar-refractivity contribution >= 4 is 17.6 Å². The van der Waals surface area contributed by atoms with Gasteiger partial charge in [-0.2, -0.15) is 0 Å². The van der Waals surface area contributed by atoms with Gasteiger partial charge >= 0.3 is 5.97 Å². The second kappa shape index (κ2) is 4.58. The Morgan fingerprint density at radius 1 is 1.56 bits per heavy atom. The van der Waals surface area contributed by atoms with Crippen LogP contribution in [0.25, 0.3) is 0 Å². The van der Waals surface area contributed by atoms with Gasteiger partial charge in [-0.3, -0.25) is 0 Å². The van der Waals surface area contributed by atoms with E-state index in [1.165, 1.54) is 0 Å². The molecule has 0 saturated carbocycles. The molecule has 0 saturated heterocycles. The molecule has 0 N–H and O–H groups in total. The number of carbonyl (C=O) groups excluding carboxylic acids is 1. The Labute approximate surface area is 98.6 Å². The van der Waals surface area contributed by atoms with E-state index in [-0.39, 0.29) is 5.76 Å². The SMILES string of the molecule is CCOC(=O)C1=CCc2cc(Cl)ccc2O1. The van der Waals surface area contributed by atoms with Crippen molar-refractivity contribution in [3.8, 4) is 5.75 Å². The van der Waals surface area contributed by atoms with Gasteiger partial charge in [0.2, 0.25) is 5.76 Å². The van der Waals surface area contributed by atoms with Gasteiger partial charge in [-0.15, -0.1) is 0 Å². The number of allylic oxidation sites excluding steroid dienone is 1. The van der Waals surface area contributed by atoms with Crippen molar-refractivity contribution in [2.45, 2.75) is 13.3 Å². The average Bonchev–Trinajstić information content (AvgIpc) is 2.28. The van der Waals surface area contributed by atoms with Crippen molar-refractivity contribution in [2.75, 3.05) is 6.61 Å². The fourth-order valence-corrected chi connectivity index (χ4v) is 1.69. The van der Waals surface area contributed by atoms with Crippen LogP contribution in [0.15, 0.2) is 30.0 Å². The molecule has 3 nitrogen and oxygen atoms in total. The van der Waals surface area contributed by atoms with Gasteiger partial charge in [0, 0.05) is 10.6 Å². The van der Waals surface area contributed by atoms with Crippen LogP contribution in [0.2, 0.25) is 5.02 Å². The number of benzene rings is 1. The maximum atomic E-state index is 11.4. The first kappa shape index (κ1) is 11.0. The second-order valence-corrected chi connectivity index (χ2v) is 3.78. The number of hydrogen-bond acceptors (Lipinski definition) is 3. The summed E-state index contributed by atoms with van der Waals surface area (Å²) >= 11 is 5.86. The quantitative estimate of drug-likeness (QED) is 0.744. The summed E-state index contributed by atoms with van der Waals surface area (Å²) in [4.78, 5) is 11.4. The van der Waals surface area contributed by atoms with Gasteiger partial charge in [-0.1, -0.05) is 11.6 Å². The van der Waals surface area contributed by atoms with Gasteiger partial charge in [0.1, 0.15) is 5.75 Å². The van der Waals surface area contributed by atoms with Crippen molar-refractivity contribution in [3.05, 3.63) is 40.6 Å². The van der Waals surface area contributed by atoms with Crippen molar-refractivity contribution in [3.63, 3.8) is 0 Å². The Kier molecular flexibility index (Phi) is 3.15. The summed E-state index contributed by atoms with van der Waals surface area (Å²) < 4.78 is 10.3. The Morgan fingerprint density at radius 3 is 3.12 bits per heavy atom. The molecule has 1 heterocycles. The number of halogens is 1. The van der Waals surface area contributed by atoms with E-state index in [0.717, 1.165) is 5.56 Å². The van der Waals surface area contributed by atoms with Crippen LogP contribution in [-0.2, 0) is 16.0 Å². The summed E-state index contributed by atoms with van der Waals surface area (Å²) in [5, 5.41) is 0.662. The van der Waals surface area contributed by atoms with E-state index in [1.807, 2.05) is 6.07 Å². The third kappa shape index (κ3) is 2.19. The first-order valence-corrected chi connectivity index (χ1v) is 5.42. The Balaban J connectivity index is 2.18. The molecule has 0 radical (unpaired) electrons. The highest BCUT2D eigenvalue weighted by molar-refractivity contribution is 6.30. The fraction of sp³-hybridized carbons (Fsp3) is 0.250. The molecular formula is C12H11ClO3. The van der Waals surface area contributed by atoms with Crippen molar-refractivity contribution in [2.24, 2.45) is 0 Å². The lowest BCUT2D eigenvalue weighted by Crippen LogP contribution is -2.16. The fourth-order valence-electron chi connectivity index (χ4n) is 1.50. The van der Waals surface area contributed by atoms with E-state index in [1.54, 1.807) is 25.1 Å². The predicted octanol–water partition coefficient (Wildman–Crippen LogP) is 2.72. The minimum atomic E-state index is -0.428. The molecule has 0 aliphatic carbocycles. The molecule has 1 aromatic rings. The van der Waals surface area contributed by atoms with E-state index >= 15 is 0 Å². The van der Waals surface area contributed by atoms with Crippen molar-refractivity contribution in [1.29, 1.82) is 0 Å². The standard InChI is InChI=1S/C12H11ClO3/c1-2-15-12(14)11-5-3-8-7-9(13)4-6-10(8)16-11/h4-7H,2-3H2,1H3. The highest BCUT2D eigenvalue weighted by Gasteiger charge is 2.19. The van der Waals surface area contributed by atoms with E-state index in [9.17, 15) is 4.79 Å². The average molecular weight is 239 g/mol. The van der Waals surface area contributed by atoms with E-state index < -0.39 is 5.97 Å². The molecule has 1 aromatic carbocycles. The summed E-state index contributed by atoms with van der Waals surface area (Å²) in [6.45, 7) is 2.10. The molecule has 84 valence electrons. The van der Waals surface area contributed by atoms with Gasteiger partial charge in [-0.25, -0.2) is 4.79 Å².